The zero-order valence-corrected chi connectivity index (χ0v) is 17.6. The van der Waals surface area contributed by atoms with Gasteiger partial charge in [0.1, 0.15) is 5.57 Å². The first-order chi connectivity index (χ1) is 15.3. The van der Waals surface area contributed by atoms with E-state index in [1.165, 1.54) is 36.4 Å². The number of carbonyl (C=O) groups excluding carboxylic acids is 3. The van der Waals surface area contributed by atoms with Gasteiger partial charge in [-0.15, -0.1) is 0 Å². The minimum Gasteiger partial charge on any atom is -0.478 e. The lowest BCUT2D eigenvalue weighted by atomic mass is 10.1. The molecule has 1 saturated heterocycles. The molecule has 0 radical (unpaired) electrons. The van der Waals surface area contributed by atoms with Gasteiger partial charge in [-0.2, -0.15) is 0 Å². The lowest BCUT2D eigenvalue weighted by molar-refractivity contribution is -0.122. The van der Waals surface area contributed by atoms with Crippen LogP contribution < -0.4 is 10.2 Å². The summed E-state index contributed by atoms with van der Waals surface area (Å²) in [6.07, 6.45) is 3.03. The maximum absolute atomic E-state index is 13.1. The highest BCUT2D eigenvalue weighted by Gasteiger charge is 2.38. The predicted octanol–water partition coefficient (Wildman–Crippen LogP) is 4.15. The lowest BCUT2D eigenvalue weighted by Crippen LogP contribution is -2.54. The SMILES string of the molecule is O=C1NC(=O)N(c2ccc(Cl)cc2Cl)C(=O)/C1=C/c1cccn1-c1ccc(C(=O)O)cc1. The van der Waals surface area contributed by atoms with Gasteiger partial charge < -0.3 is 9.67 Å². The van der Waals surface area contributed by atoms with Gasteiger partial charge in [0, 0.05) is 22.6 Å². The molecule has 0 bridgehead atoms. The summed E-state index contributed by atoms with van der Waals surface area (Å²) in [7, 11) is 0. The van der Waals surface area contributed by atoms with E-state index in [-0.39, 0.29) is 21.8 Å². The van der Waals surface area contributed by atoms with E-state index in [0.717, 1.165) is 4.90 Å². The van der Waals surface area contributed by atoms with Crippen LogP contribution in [0.25, 0.3) is 11.8 Å². The van der Waals surface area contributed by atoms with Crippen molar-refractivity contribution in [2.45, 2.75) is 0 Å². The number of benzene rings is 2. The third-order valence-electron chi connectivity index (χ3n) is 4.72. The fourth-order valence-corrected chi connectivity index (χ4v) is 3.69. The average molecular weight is 470 g/mol. The Morgan fingerprint density at radius 3 is 2.38 bits per heavy atom. The van der Waals surface area contributed by atoms with Crippen LogP contribution in [-0.2, 0) is 9.59 Å². The van der Waals surface area contributed by atoms with Crippen LogP contribution in [0.5, 0.6) is 0 Å². The number of urea groups is 1. The second kappa shape index (κ2) is 8.33. The first-order valence-corrected chi connectivity index (χ1v) is 9.89. The summed E-state index contributed by atoms with van der Waals surface area (Å²) >= 11 is 12.0. The van der Waals surface area contributed by atoms with Gasteiger partial charge in [0.2, 0.25) is 0 Å². The third-order valence-corrected chi connectivity index (χ3v) is 5.26. The molecule has 0 atom stereocenters. The summed E-state index contributed by atoms with van der Waals surface area (Å²) in [5, 5.41) is 11.6. The number of barbiturate groups is 1. The number of aromatic carboxylic acids is 1. The summed E-state index contributed by atoms with van der Waals surface area (Å²) in [5.74, 6) is -2.76. The zero-order valence-electron chi connectivity index (χ0n) is 16.1. The molecule has 10 heteroatoms. The van der Waals surface area contributed by atoms with Crippen LogP contribution in [0.15, 0.2) is 66.4 Å². The van der Waals surface area contributed by atoms with Gasteiger partial charge >= 0.3 is 12.0 Å². The number of nitrogens with one attached hydrogen (secondary N) is 1. The molecule has 0 saturated carbocycles. The third kappa shape index (κ3) is 3.89. The molecule has 3 aromatic rings. The molecule has 1 fully saturated rings. The number of rotatable bonds is 4. The maximum Gasteiger partial charge on any atom is 0.335 e. The van der Waals surface area contributed by atoms with Crippen LogP contribution >= 0.6 is 23.2 Å². The first kappa shape index (κ1) is 21.4. The molecule has 1 aromatic heterocycles. The van der Waals surface area contributed by atoms with Crippen molar-refractivity contribution in [3.05, 3.63) is 87.7 Å². The van der Waals surface area contributed by atoms with Crippen molar-refractivity contribution in [3.8, 4) is 5.69 Å². The normalized spacial score (nSPS) is 15.2. The number of hydrogen-bond acceptors (Lipinski definition) is 4. The molecule has 0 spiro atoms. The van der Waals surface area contributed by atoms with E-state index < -0.39 is 23.8 Å². The van der Waals surface area contributed by atoms with Crippen LogP contribution in [0, 0.1) is 0 Å². The number of aromatic nitrogens is 1. The number of carbonyl (C=O) groups is 4. The van der Waals surface area contributed by atoms with E-state index in [9.17, 15) is 19.2 Å². The lowest BCUT2D eigenvalue weighted by Gasteiger charge is -2.27. The number of carboxylic acids is 1. The maximum atomic E-state index is 13.1. The predicted molar refractivity (Wildman–Crippen MR) is 118 cm³/mol. The Balaban J connectivity index is 1.73. The molecule has 2 heterocycles. The van der Waals surface area contributed by atoms with Gasteiger partial charge in [0.25, 0.3) is 11.8 Å². The van der Waals surface area contributed by atoms with Crippen LogP contribution in [0.1, 0.15) is 16.1 Å². The standard InChI is InChI=1S/C22H13Cl2N3O5/c23-13-5-8-18(17(24)10-13)27-20(29)16(19(28)25-22(27)32)11-15-2-1-9-26(15)14-6-3-12(4-7-14)21(30)31/h1-11H,(H,30,31)(H,25,28,32)/b16-11+. The molecule has 2 aromatic carbocycles. The fraction of sp³-hybridized carbons (Fsp3) is 0. The van der Waals surface area contributed by atoms with E-state index in [1.807, 2.05) is 0 Å². The number of imide groups is 2. The highest BCUT2D eigenvalue weighted by molar-refractivity contribution is 6.42. The Kier molecular flexibility index (Phi) is 5.56. The monoisotopic (exact) mass is 469 g/mol. The molecule has 4 amide bonds. The van der Waals surface area contributed by atoms with Crippen molar-refractivity contribution in [1.82, 2.24) is 9.88 Å². The quantitative estimate of drug-likeness (QED) is 0.440. The summed E-state index contributed by atoms with van der Waals surface area (Å²) in [6.45, 7) is 0. The molecular weight excluding hydrogens is 457 g/mol. The largest absolute Gasteiger partial charge is 0.478 e. The highest BCUT2D eigenvalue weighted by Crippen LogP contribution is 2.31. The van der Waals surface area contributed by atoms with Gasteiger partial charge in [-0.05, 0) is 60.7 Å². The zero-order chi connectivity index (χ0) is 23.0. The van der Waals surface area contributed by atoms with Crippen LogP contribution in [0.2, 0.25) is 10.0 Å². The number of anilines is 1. The Hall–Kier alpha value is -3.88. The van der Waals surface area contributed by atoms with Crippen molar-refractivity contribution in [1.29, 1.82) is 0 Å². The minimum atomic E-state index is -1.05. The van der Waals surface area contributed by atoms with Crippen molar-refractivity contribution in [3.63, 3.8) is 0 Å². The summed E-state index contributed by atoms with van der Waals surface area (Å²) in [6, 6.07) is 12.8. The van der Waals surface area contributed by atoms with Gasteiger partial charge in [0.15, 0.2) is 0 Å². The molecule has 4 rings (SSSR count). The molecule has 160 valence electrons. The van der Waals surface area contributed by atoms with Crippen molar-refractivity contribution in [2.24, 2.45) is 0 Å². The molecule has 2 N–H and O–H groups in total. The fourth-order valence-electron chi connectivity index (χ4n) is 3.20. The van der Waals surface area contributed by atoms with E-state index in [2.05, 4.69) is 5.32 Å². The summed E-state index contributed by atoms with van der Waals surface area (Å²) in [5.41, 5.74) is 0.998. The number of amides is 4. The summed E-state index contributed by atoms with van der Waals surface area (Å²) in [4.78, 5) is 49.7. The van der Waals surface area contributed by atoms with E-state index in [1.54, 1.807) is 35.0 Å². The number of carboxylic acid groups (broad SMARTS) is 1. The van der Waals surface area contributed by atoms with Crippen LogP contribution in [-0.4, -0.2) is 33.5 Å². The van der Waals surface area contributed by atoms with Gasteiger partial charge in [-0.3, -0.25) is 14.9 Å². The average Bonchev–Trinajstić information content (AvgIpc) is 3.21. The van der Waals surface area contributed by atoms with Gasteiger partial charge in [-0.1, -0.05) is 23.2 Å². The number of hydrogen-bond donors (Lipinski definition) is 2. The molecule has 1 aliphatic rings. The first-order valence-electron chi connectivity index (χ1n) is 9.14. The van der Waals surface area contributed by atoms with Crippen molar-refractivity contribution >= 4 is 58.8 Å². The van der Waals surface area contributed by atoms with E-state index in [0.29, 0.717) is 16.4 Å². The second-order valence-electron chi connectivity index (χ2n) is 6.71. The van der Waals surface area contributed by atoms with Gasteiger partial charge in [-0.25, -0.2) is 14.5 Å². The van der Waals surface area contributed by atoms with Crippen LogP contribution in [0.3, 0.4) is 0 Å². The van der Waals surface area contributed by atoms with Crippen LogP contribution in [0.4, 0.5) is 10.5 Å². The molecule has 0 aliphatic carbocycles. The Morgan fingerprint density at radius 1 is 1.00 bits per heavy atom. The Morgan fingerprint density at radius 2 is 1.72 bits per heavy atom. The highest BCUT2D eigenvalue weighted by atomic mass is 35.5. The summed E-state index contributed by atoms with van der Waals surface area (Å²) < 4.78 is 1.66. The minimum absolute atomic E-state index is 0.0663. The molecule has 32 heavy (non-hydrogen) atoms. The Labute approximate surface area is 191 Å². The number of halogens is 2. The van der Waals surface area contributed by atoms with E-state index in [4.69, 9.17) is 28.3 Å². The van der Waals surface area contributed by atoms with E-state index >= 15 is 0 Å². The van der Waals surface area contributed by atoms with Crippen molar-refractivity contribution < 1.29 is 24.3 Å². The second-order valence-corrected chi connectivity index (χ2v) is 7.55. The molecule has 0 unspecified atom stereocenters. The molecular formula is C22H13Cl2N3O5. The molecule has 1 aliphatic heterocycles. The smallest absolute Gasteiger partial charge is 0.335 e. The Bertz CT molecular complexity index is 1310. The van der Waals surface area contributed by atoms with Crippen molar-refractivity contribution in [2.75, 3.05) is 4.90 Å². The number of nitrogens with zero attached hydrogens (tertiary/aromatic N) is 2. The molecule has 8 nitrogen and oxygen atoms in total. The topological polar surface area (TPSA) is 109 Å². The van der Waals surface area contributed by atoms with Gasteiger partial charge in [0.05, 0.1) is 16.3 Å².